The number of nitrogens with zero attached hydrogens (tertiary/aromatic N) is 6. The molecule has 1 amide bonds. The first-order valence-corrected chi connectivity index (χ1v) is 12.9. The topological polar surface area (TPSA) is 124 Å². The highest BCUT2D eigenvalue weighted by atomic mass is 19.4. The number of fused-ring (bicyclic) bond motifs is 2. The zero-order chi connectivity index (χ0) is 29.6. The van der Waals surface area contributed by atoms with Crippen LogP contribution >= 0.6 is 0 Å². The third-order valence-corrected chi connectivity index (χ3v) is 7.25. The van der Waals surface area contributed by atoms with Gasteiger partial charge in [-0.3, -0.25) is 14.7 Å². The summed E-state index contributed by atoms with van der Waals surface area (Å²) in [5, 5.41) is 7.60. The van der Waals surface area contributed by atoms with Crippen LogP contribution in [0, 0.1) is 0 Å². The van der Waals surface area contributed by atoms with Crippen LogP contribution in [0.2, 0.25) is 0 Å². The first-order chi connectivity index (χ1) is 20.1. The van der Waals surface area contributed by atoms with E-state index in [1.165, 1.54) is 19.4 Å². The van der Waals surface area contributed by atoms with Crippen LogP contribution < -0.4 is 15.8 Å². The van der Waals surface area contributed by atoms with Gasteiger partial charge >= 0.3 is 6.18 Å². The van der Waals surface area contributed by atoms with Crippen LogP contribution in [0.25, 0.3) is 27.7 Å². The molecule has 0 radical (unpaired) electrons. The van der Waals surface area contributed by atoms with Crippen molar-refractivity contribution >= 4 is 28.1 Å². The lowest BCUT2D eigenvalue weighted by molar-refractivity contribution is -0.136. The monoisotopic (exact) mass is 580 g/mol. The number of aromatic nitrogens is 5. The standard InChI is InChI=1S/C28H24F4N8O2/c1-42-27-18(8-16(10-35-27)23-9-19(28(30,31)32)24-25(33)36-14-37-40(23)24)26(41)38-22-13-39(12-20(22)29)11-15-6-7-34-21-5-3-2-4-17(15)21/h2-10,14,20,22H,11-13H2,1H3,(H,38,41)(H2,33,36,37). The maximum absolute atomic E-state index is 15.1. The molecule has 0 aliphatic carbocycles. The fraction of sp³-hybridized carbons (Fsp3) is 0.250. The van der Waals surface area contributed by atoms with Crippen molar-refractivity contribution in [3.8, 4) is 17.1 Å². The Labute approximate surface area is 236 Å². The number of benzene rings is 1. The minimum atomic E-state index is -4.74. The second-order valence-corrected chi connectivity index (χ2v) is 9.90. The van der Waals surface area contributed by atoms with Gasteiger partial charge in [-0.15, -0.1) is 0 Å². The summed E-state index contributed by atoms with van der Waals surface area (Å²) in [4.78, 5) is 27.4. The summed E-state index contributed by atoms with van der Waals surface area (Å²) >= 11 is 0. The molecule has 1 aromatic carbocycles. The number of likely N-dealkylation sites (tertiary alicyclic amines) is 1. The number of methoxy groups -OCH3 is 1. The number of amides is 1. The number of hydrogen-bond donors (Lipinski definition) is 2. The molecule has 6 rings (SSSR count). The van der Waals surface area contributed by atoms with Crippen LogP contribution in [-0.4, -0.2) is 67.8 Å². The van der Waals surface area contributed by atoms with E-state index in [2.05, 4.69) is 25.4 Å². The highest BCUT2D eigenvalue weighted by Gasteiger charge is 2.37. The largest absolute Gasteiger partial charge is 0.480 e. The van der Waals surface area contributed by atoms with Crippen molar-refractivity contribution in [2.24, 2.45) is 0 Å². The predicted octanol–water partition coefficient (Wildman–Crippen LogP) is 3.90. The van der Waals surface area contributed by atoms with Gasteiger partial charge < -0.3 is 15.8 Å². The van der Waals surface area contributed by atoms with Crippen LogP contribution in [0.3, 0.4) is 0 Å². The van der Waals surface area contributed by atoms with Crippen molar-refractivity contribution in [3.63, 3.8) is 0 Å². The van der Waals surface area contributed by atoms with Gasteiger partial charge in [0.25, 0.3) is 5.91 Å². The molecule has 5 aromatic rings. The van der Waals surface area contributed by atoms with Crippen LogP contribution in [0.15, 0.2) is 61.2 Å². The fourth-order valence-corrected chi connectivity index (χ4v) is 5.29. The number of hydrogen-bond acceptors (Lipinski definition) is 8. The number of nitrogens with two attached hydrogens (primary N) is 1. The van der Waals surface area contributed by atoms with Crippen LogP contribution in [-0.2, 0) is 12.7 Å². The summed E-state index contributed by atoms with van der Waals surface area (Å²) < 4.78 is 62.8. The third kappa shape index (κ3) is 4.93. The fourth-order valence-electron chi connectivity index (χ4n) is 5.29. The van der Waals surface area contributed by atoms with Crippen LogP contribution in [0.4, 0.5) is 23.4 Å². The van der Waals surface area contributed by atoms with Gasteiger partial charge in [-0.05, 0) is 29.8 Å². The van der Waals surface area contributed by atoms with Crippen molar-refractivity contribution in [1.82, 2.24) is 34.8 Å². The average molecular weight is 581 g/mol. The van der Waals surface area contributed by atoms with Crippen molar-refractivity contribution in [3.05, 3.63) is 77.9 Å². The molecule has 0 saturated carbocycles. The second-order valence-electron chi connectivity index (χ2n) is 9.90. The Kier molecular flexibility index (Phi) is 6.85. The highest BCUT2D eigenvalue weighted by molar-refractivity contribution is 5.98. The van der Waals surface area contributed by atoms with Gasteiger partial charge in [-0.2, -0.15) is 18.3 Å². The van der Waals surface area contributed by atoms with E-state index in [4.69, 9.17) is 10.5 Å². The molecule has 5 heterocycles. The predicted molar refractivity (Wildman–Crippen MR) is 145 cm³/mol. The Morgan fingerprint density at radius 1 is 1.14 bits per heavy atom. The molecule has 2 unspecified atom stereocenters. The first-order valence-electron chi connectivity index (χ1n) is 12.9. The number of alkyl halides is 4. The maximum atomic E-state index is 15.1. The third-order valence-electron chi connectivity index (χ3n) is 7.25. The number of nitrogens with one attached hydrogen (secondary N) is 1. The number of anilines is 1. The summed E-state index contributed by atoms with van der Waals surface area (Å²) in [5.74, 6) is -1.12. The number of rotatable bonds is 6. The van der Waals surface area contributed by atoms with E-state index < -0.39 is 35.4 Å². The molecular formula is C28H24F4N8O2. The van der Waals surface area contributed by atoms with E-state index in [1.54, 1.807) is 6.20 Å². The van der Waals surface area contributed by atoms with Gasteiger partial charge in [0.1, 0.15) is 23.6 Å². The van der Waals surface area contributed by atoms with Crippen LogP contribution in [0.5, 0.6) is 5.88 Å². The molecule has 0 spiro atoms. The molecule has 1 aliphatic rings. The molecule has 2 atom stereocenters. The van der Waals surface area contributed by atoms with E-state index >= 15 is 4.39 Å². The molecule has 1 aliphatic heterocycles. The van der Waals surface area contributed by atoms with Crippen molar-refractivity contribution in [2.75, 3.05) is 25.9 Å². The molecule has 0 bridgehead atoms. The molecule has 216 valence electrons. The number of carbonyl (C=O) groups excluding carboxylic acids is 1. The first kappa shape index (κ1) is 27.3. The Morgan fingerprint density at radius 3 is 2.74 bits per heavy atom. The number of carbonyl (C=O) groups is 1. The Hall–Kier alpha value is -4.85. The normalized spacial score (nSPS) is 17.6. The van der Waals surface area contributed by atoms with Crippen molar-refractivity contribution in [1.29, 1.82) is 0 Å². The van der Waals surface area contributed by atoms with E-state index in [0.717, 1.165) is 33.4 Å². The van der Waals surface area contributed by atoms with Gasteiger partial charge in [0.2, 0.25) is 5.88 Å². The minimum Gasteiger partial charge on any atom is -0.480 e. The van der Waals surface area contributed by atoms with Gasteiger partial charge in [-0.25, -0.2) is 18.9 Å². The summed E-state index contributed by atoms with van der Waals surface area (Å²) in [7, 11) is 1.30. The average Bonchev–Trinajstić information content (AvgIpc) is 3.54. The summed E-state index contributed by atoms with van der Waals surface area (Å²) in [5.41, 5.74) is 6.15. The number of nitrogen functional groups attached to an aromatic ring is 1. The summed E-state index contributed by atoms with van der Waals surface area (Å²) in [6.07, 6.45) is -2.11. The van der Waals surface area contributed by atoms with E-state index in [9.17, 15) is 18.0 Å². The molecule has 42 heavy (non-hydrogen) atoms. The molecule has 4 aromatic heterocycles. The molecule has 3 N–H and O–H groups in total. The zero-order valence-electron chi connectivity index (χ0n) is 22.1. The van der Waals surface area contributed by atoms with Gasteiger partial charge in [-0.1, -0.05) is 18.2 Å². The Balaban J connectivity index is 1.26. The Bertz CT molecular complexity index is 1800. The van der Waals surface area contributed by atoms with E-state index in [1.807, 2.05) is 35.2 Å². The number of ether oxygens (including phenoxy) is 1. The van der Waals surface area contributed by atoms with E-state index in [-0.39, 0.29) is 41.6 Å². The van der Waals surface area contributed by atoms with Gasteiger partial charge in [0, 0.05) is 43.0 Å². The number of para-hydroxylation sites is 1. The summed E-state index contributed by atoms with van der Waals surface area (Å²) in [6, 6.07) is 10.9. The lowest BCUT2D eigenvalue weighted by Crippen LogP contribution is -2.41. The van der Waals surface area contributed by atoms with Crippen molar-refractivity contribution < 1.29 is 27.1 Å². The minimum absolute atomic E-state index is 0.0179. The molecule has 14 heteroatoms. The molecular weight excluding hydrogens is 556 g/mol. The lowest BCUT2D eigenvalue weighted by atomic mass is 10.1. The Morgan fingerprint density at radius 2 is 1.95 bits per heavy atom. The summed E-state index contributed by atoms with van der Waals surface area (Å²) in [6.45, 7) is 0.811. The number of halogens is 4. The van der Waals surface area contributed by atoms with Crippen LogP contribution in [0.1, 0.15) is 21.5 Å². The highest BCUT2D eigenvalue weighted by Crippen LogP contribution is 2.39. The van der Waals surface area contributed by atoms with Gasteiger partial charge in [0.05, 0.1) is 29.9 Å². The molecule has 1 saturated heterocycles. The SMILES string of the molecule is COc1ncc(-c2cc(C(F)(F)F)c3c(N)ncnn23)cc1C(=O)NC1CN(Cc2ccnc3ccccc23)CC1F. The van der Waals surface area contributed by atoms with Gasteiger partial charge in [0.15, 0.2) is 5.82 Å². The maximum Gasteiger partial charge on any atom is 0.418 e. The molecule has 10 nitrogen and oxygen atoms in total. The number of pyridine rings is 2. The zero-order valence-corrected chi connectivity index (χ0v) is 22.1. The molecule has 1 fully saturated rings. The van der Waals surface area contributed by atoms with E-state index in [0.29, 0.717) is 6.54 Å². The quantitative estimate of drug-likeness (QED) is 0.290. The lowest BCUT2D eigenvalue weighted by Gasteiger charge is -2.18. The second kappa shape index (κ2) is 10.5. The smallest absolute Gasteiger partial charge is 0.418 e. The van der Waals surface area contributed by atoms with Crippen molar-refractivity contribution in [2.45, 2.75) is 24.9 Å².